The van der Waals surface area contributed by atoms with E-state index < -0.39 is 0 Å². The van der Waals surface area contributed by atoms with E-state index in [-0.39, 0.29) is 0 Å². The molecule has 2 fully saturated rings. The van der Waals surface area contributed by atoms with E-state index in [2.05, 4.69) is 32.3 Å². The number of hydrogen-bond donors (Lipinski definition) is 0. The van der Waals surface area contributed by atoms with Gasteiger partial charge in [-0.3, -0.25) is 9.58 Å². The third-order valence-corrected chi connectivity index (χ3v) is 7.16. The number of likely N-dealkylation sites (tertiary alicyclic amines) is 1. The SMILES string of the molecule is Cc1nn(C)cc1-c1ccc(OCC2C[C@@H]3CN(Cc4ccc5c(c4)OCO5)C[C@@H]3C2)nn1. The highest BCUT2D eigenvalue weighted by Crippen LogP contribution is 2.42. The highest BCUT2D eigenvalue weighted by molar-refractivity contribution is 5.60. The van der Waals surface area contributed by atoms with Crippen molar-refractivity contribution in [3.8, 4) is 28.6 Å². The van der Waals surface area contributed by atoms with Gasteiger partial charge in [0.2, 0.25) is 12.7 Å². The molecule has 172 valence electrons. The Hall–Kier alpha value is -3.13. The Morgan fingerprint density at radius 1 is 1.03 bits per heavy atom. The van der Waals surface area contributed by atoms with Crippen molar-refractivity contribution in [2.24, 2.45) is 24.8 Å². The first-order valence-corrected chi connectivity index (χ1v) is 11.7. The first kappa shape index (κ1) is 20.5. The molecule has 1 unspecified atom stereocenters. The van der Waals surface area contributed by atoms with Gasteiger partial charge in [-0.05, 0) is 61.3 Å². The minimum absolute atomic E-state index is 0.329. The Morgan fingerprint density at radius 3 is 2.58 bits per heavy atom. The number of hydrogen-bond acceptors (Lipinski definition) is 7. The van der Waals surface area contributed by atoms with Crippen LogP contribution in [-0.4, -0.2) is 51.4 Å². The molecule has 3 aromatic rings. The fourth-order valence-corrected chi connectivity index (χ4v) is 5.68. The maximum absolute atomic E-state index is 6.01. The molecular formula is C25H29N5O3. The third kappa shape index (κ3) is 4.15. The van der Waals surface area contributed by atoms with Crippen LogP contribution in [0, 0.1) is 24.7 Å². The third-order valence-electron chi connectivity index (χ3n) is 7.16. The molecule has 2 aromatic heterocycles. The van der Waals surface area contributed by atoms with E-state index in [1.165, 1.54) is 18.4 Å². The Morgan fingerprint density at radius 2 is 1.85 bits per heavy atom. The van der Waals surface area contributed by atoms with Crippen LogP contribution in [0.15, 0.2) is 36.5 Å². The molecule has 0 spiro atoms. The van der Waals surface area contributed by atoms with E-state index in [1.54, 1.807) is 4.68 Å². The van der Waals surface area contributed by atoms with Crippen molar-refractivity contribution < 1.29 is 14.2 Å². The highest BCUT2D eigenvalue weighted by Gasteiger charge is 2.41. The summed E-state index contributed by atoms with van der Waals surface area (Å²) in [6.45, 7) is 6.33. The van der Waals surface area contributed by atoms with Gasteiger partial charge in [0.05, 0.1) is 18.0 Å². The summed E-state index contributed by atoms with van der Waals surface area (Å²) < 4.78 is 18.8. The molecule has 1 saturated heterocycles. The van der Waals surface area contributed by atoms with Crippen molar-refractivity contribution in [3.05, 3.63) is 47.8 Å². The summed E-state index contributed by atoms with van der Waals surface area (Å²) >= 11 is 0. The summed E-state index contributed by atoms with van der Waals surface area (Å²) in [5.41, 5.74) is 4.07. The molecule has 8 heteroatoms. The van der Waals surface area contributed by atoms with Crippen LogP contribution in [0.5, 0.6) is 17.4 Å². The van der Waals surface area contributed by atoms with Crippen molar-refractivity contribution in [2.75, 3.05) is 26.5 Å². The summed E-state index contributed by atoms with van der Waals surface area (Å²) in [5.74, 6) is 4.43. The molecule has 3 aliphatic rings. The molecule has 4 heterocycles. The molecule has 1 saturated carbocycles. The number of ether oxygens (including phenoxy) is 3. The quantitative estimate of drug-likeness (QED) is 0.573. The van der Waals surface area contributed by atoms with Crippen molar-refractivity contribution >= 4 is 0 Å². The lowest BCUT2D eigenvalue weighted by molar-refractivity contribution is 0.174. The summed E-state index contributed by atoms with van der Waals surface area (Å²) in [6, 6.07) is 10.2. The number of fused-ring (bicyclic) bond motifs is 2. The molecule has 1 aliphatic carbocycles. The fourth-order valence-electron chi connectivity index (χ4n) is 5.68. The average Bonchev–Trinajstić information content (AvgIpc) is 3.56. The number of aromatic nitrogens is 4. The van der Waals surface area contributed by atoms with Crippen molar-refractivity contribution in [3.63, 3.8) is 0 Å². The molecule has 3 atom stereocenters. The monoisotopic (exact) mass is 447 g/mol. The molecule has 0 N–H and O–H groups in total. The van der Waals surface area contributed by atoms with Crippen LogP contribution in [0.3, 0.4) is 0 Å². The number of aryl methyl sites for hydroxylation is 2. The van der Waals surface area contributed by atoms with Gasteiger partial charge >= 0.3 is 0 Å². The predicted octanol–water partition coefficient (Wildman–Crippen LogP) is 3.45. The van der Waals surface area contributed by atoms with E-state index in [0.29, 0.717) is 18.6 Å². The Labute approximate surface area is 193 Å². The zero-order valence-corrected chi connectivity index (χ0v) is 19.1. The largest absolute Gasteiger partial charge is 0.476 e. The number of benzene rings is 1. The Bertz CT molecular complexity index is 1130. The lowest BCUT2D eigenvalue weighted by atomic mass is 10.0. The summed E-state index contributed by atoms with van der Waals surface area (Å²) in [4.78, 5) is 2.58. The highest BCUT2D eigenvalue weighted by atomic mass is 16.7. The molecule has 0 radical (unpaired) electrons. The molecule has 1 aromatic carbocycles. The first-order chi connectivity index (χ1) is 16.1. The summed E-state index contributed by atoms with van der Waals surface area (Å²) in [7, 11) is 1.91. The van der Waals surface area contributed by atoms with Crippen LogP contribution in [0.25, 0.3) is 11.3 Å². The van der Waals surface area contributed by atoms with Crippen LogP contribution in [0.2, 0.25) is 0 Å². The van der Waals surface area contributed by atoms with Crippen LogP contribution < -0.4 is 14.2 Å². The Balaban J connectivity index is 0.990. The molecule has 8 nitrogen and oxygen atoms in total. The van der Waals surface area contributed by atoms with Crippen molar-refractivity contribution in [2.45, 2.75) is 26.3 Å². The van der Waals surface area contributed by atoms with Crippen LogP contribution in [0.1, 0.15) is 24.1 Å². The molecule has 0 bridgehead atoms. The molecule has 0 amide bonds. The first-order valence-electron chi connectivity index (χ1n) is 11.7. The van der Waals surface area contributed by atoms with E-state index >= 15 is 0 Å². The van der Waals surface area contributed by atoms with Crippen LogP contribution in [-0.2, 0) is 13.6 Å². The van der Waals surface area contributed by atoms with Gasteiger partial charge in [-0.15, -0.1) is 10.2 Å². The van der Waals surface area contributed by atoms with Gasteiger partial charge in [-0.25, -0.2) is 0 Å². The lowest BCUT2D eigenvalue weighted by Crippen LogP contribution is -2.23. The standard InChI is InChI=1S/C25H29N5O3/c1-16-21(13-29(2)28-16)22-4-6-25(27-26-22)31-14-18-7-19-11-30(12-20(19)8-18)10-17-3-5-23-24(9-17)33-15-32-23/h3-6,9,13,18-20H,7-8,10-12,14-15H2,1-2H3/t18?,19-,20+. The van der Waals surface area contributed by atoms with Gasteiger partial charge < -0.3 is 14.2 Å². The van der Waals surface area contributed by atoms with Crippen LogP contribution in [0.4, 0.5) is 0 Å². The zero-order chi connectivity index (χ0) is 22.4. The van der Waals surface area contributed by atoms with E-state index in [9.17, 15) is 0 Å². The summed E-state index contributed by atoms with van der Waals surface area (Å²) in [6.07, 6.45) is 4.42. The van der Waals surface area contributed by atoms with Gasteiger partial charge in [0.25, 0.3) is 0 Å². The second kappa shape index (κ2) is 8.33. The summed E-state index contributed by atoms with van der Waals surface area (Å²) in [5, 5.41) is 13.0. The number of nitrogens with zero attached hydrogens (tertiary/aromatic N) is 5. The fraction of sp³-hybridized carbons (Fsp3) is 0.480. The topological polar surface area (TPSA) is 74.5 Å². The maximum atomic E-state index is 6.01. The smallest absolute Gasteiger partial charge is 0.233 e. The minimum Gasteiger partial charge on any atom is -0.476 e. The van der Waals surface area contributed by atoms with Crippen LogP contribution >= 0.6 is 0 Å². The molecular weight excluding hydrogens is 418 g/mol. The minimum atomic E-state index is 0.329. The molecule has 2 aliphatic heterocycles. The maximum Gasteiger partial charge on any atom is 0.233 e. The molecule has 33 heavy (non-hydrogen) atoms. The number of rotatable bonds is 6. The second-order valence-electron chi connectivity index (χ2n) is 9.61. The second-order valence-corrected chi connectivity index (χ2v) is 9.61. The van der Waals surface area contributed by atoms with E-state index in [1.807, 2.05) is 38.4 Å². The molecule has 6 rings (SSSR count). The predicted molar refractivity (Wildman–Crippen MR) is 122 cm³/mol. The van der Waals surface area contributed by atoms with Gasteiger partial charge in [0, 0.05) is 44.5 Å². The van der Waals surface area contributed by atoms with E-state index in [4.69, 9.17) is 14.2 Å². The van der Waals surface area contributed by atoms with Crippen molar-refractivity contribution in [1.82, 2.24) is 24.9 Å². The Kier molecular flexibility index (Phi) is 5.17. The van der Waals surface area contributed by atoms with Crippen molar-refractivity contribution in [1.29, 1.82) is 0 Å². The van der Waals surface area contributed by atoms with Gasteiger partial charge in [-0.1, -0.05) is 6.07 Å². The van der Waals surface area contributed by atoms with E-state index in [0.717, 1.165) is 66.5 Å². The van der Waals surface area contributed by atoms with Gasteiger partial charge in [0.15, 0.2) is 11.5 Å². The zero-order valence-electron chi connectivity index (χ0n) is 19.1. The normalized spacial score (nSPS) is 23.8. The average molecular weight is 448 g/mol. The van der Waals surface area contributed by atoms with Gasteiger partial charge in [0.1, 0.15) is 0 Å². The lowest BCUT2D eigenvalue weighted by Gasteiger charge is -2.19. The van der Waals surface area contributed by atoms with Gasteiger partial charge in [-0.2, -0.15) is 5.10 Å².